The minimum absolute atomic E-state index is 0.851. The van der Waals surface area contributed by atoms with Crippen molar-refractivity contribution >= 4 is 26.9 Å². The van der Waals surface area contributed by atoms with E-state index in [1.807, 2.05) is 36.4 Å². The maximum absolute atomic E-state index is 5.81. The fourth-order valence-electron chi connectivity index (χ4n) is 1.70. The molecule has 1 aromatic carbocycles. The van der Waals surface area contributed by atoms with Crippen LogP contribution < -0.4 is 0 Å². The van der Waals surface area contributed by atoms with Gasteiger partial charge in [-0.05, 0) is 40.2 Å². The lowest BCUT2D eigenvalue weighted by atomic mass is 10.2. The largest absolute Gasteiger partial charge is 0.455 e. The number of furan rings is 1. The normalized spacial score (nSPS) is 10.8. The molecule has 0 unspecified atom stereocenters. The van der Waals surface area contributed by atoms with Crippen LogP contribution >= 0.6 is 15.9 Å². The van der Waals surface area contributed by atoms with Crippen molar-refractivity contribution < 1.29 is 4.42 Å². The summed E-state index contributed by atoms with van der Waals surface area (Å²) in [6.45, 7) is 0. The van der Waals surface area contributed by atoms with Crippen molar-refractivity contribution in [2.75, 3.05) is 0 Å². The van der Waals surface area contributed by atoms with Crippen molar-refractivity contribution in [2.24, 2.45) is 0 Å². The molecule has 2 heterocycles. The molecule has 0 atom stereocenters. The lowest BCUT2D eigenvalue weighted by Gasteiger charge is -1.95. The molecule has 3 aromatic rings. The SMILES string of the molecule is Brc1c(-c2ccncc2)oc2ccccc12. The third-order valence-electron chi connectivity index (χ3n) is 2.48. The topological polar surface area (TPSA) is 26.0 Å². The van der Waals surface area contributed by atoms with Crippen LogP contribution in [0.2, 0.25) is 0 Å². The van der Waals surface area contributed by atoms with E-state index in [-0.39, 0.29) is 0 Å². The molecule has 2 nitrogen and oxygen atoms in total. The van der Waals surface area contributed by atoms with Gasteiger partial charge in [-0.1, -0.05) is 12.1 Å². The van der Waals surface area contributed by atoms with E-state index in [4.69, 9.17) is 4.42 Å². The summed E-state index contributed by atoms with van der Waals surface area (Å²) in [5.41, 5.74) is 1.92. The molecule has 0 amide bonds. The molecule has 0 aliphatic carbocycles. The van der Waals surface area contributed by atoms with E-state index in [0.29, 0.717) is 0 Å². The number of fused-ring (bicyclic) bond motifs is 1. The Kier molecular flexibility index (Phi) is 2.26. The van der Waals surface area contributed by atoms with Crippen molar-refractivity contribution in [2.45, 2.75) is 0 Å². The Labute approximate surface area is 101 Å². The summed E-state index contributed by atoms with van der Waals surface area (Å²) in [5.74, 6) is 0.851. The minimum atomic E-state index is 0.851. The number of halogens is 1. The zero-order valence-corrected chi connectivity index (χ0v) is 9.94. The van der Waals surface area contributed by atoms with E-state index < -0.39 is 0 Å². The predicted molar refractivity (Wildman–Crippen MR) is 67.1 cm³/mol. The quantitative estimate of drug-likeness (QED) is 0.662. The lowest BCUT2D eigenvalue weighted by molar-refractivity contribution is 0.629. The van der Waals surface area contributed by atoms with Gasteiger partial charge in [-0.2, -0.15) is 0 Å². The molecule has 0 aliphatic heterocycles. The molecule has 16 heavy (non-hydrogen) atoms. The van der Waals surface area contributed by atoms with Crippen LogP contribution in [0.5, 0.6) is 0 Å². The summed E-state index contributed by atoms with van der Waals surface area (Å²) in [6, 6.07) is 11.8. The van der Waals surface area contributed by atoms with Crippen LogP contribution in [0.4, 0.5) is 0 Å². The van der Waals surface area contributed by atoms with Gasteiger partial charge in [0.05, 0.1) is 4.47 Å². The van der Waals surface area contributed by atoms with Crippen LogP contribution in [0.1, 0.15) is 0 Å². The Balaban J connectivity index is 2.29. The van der Waals surface area contributed by atoms with Crippen molar-refractivity contribution in [3.05, 3.63) is 53.3 Å². The average Bonchev–Trinajstić information content (AvgIpc) is 2.69. The van der Waals surface area contributed by atoms with Gasteiger partial charge in [0.2, 0.25) is 0 Å². The Hall–Kier alpha value is -1.61. The highest BCUT2D eigenvalue weighted by Gasteiger charge is 2.12. The molecule has 3 rings (SSSR count). The Morgan fingerprint density at radius 1 is 1.00 bits per heavy atom. The van der Waals surface area contributed by atoms with E-state index in [2.05, 4.69) is 20.9 Å². The number of nitrogens with zero attached hydrogens (tertiary/aromatic N) is 1. The first kappa shape index (κ1) is 9.60. The number of hydrogen-bond acceptors (Lipinski definition) is 2. The highest BCUT2D eigenvalue weighted by molar-refractivity contribution is 9.10. The summed E-state index contributed by atoms with van der Waals surface area (Å²) >= 11 is 3.57. The van der Waals surface area contributed by atoms with Crippen molar-refractivity contribution in [3.63, 3.8) is 0 Å². The van der Waals surface area contributed by atoms with E-state index >= 15 is 0 Å². The fraction of sp³-hybridized carbons (Fsp3) is 0. The first-order valence-corrected chi connectivity index (χ1v) is 5.73. The summed E-state index contributed by atoms with van der Waals surface area (Å²) in [6.07, 6.45) is 3.52. The molecule has 0 N–H and O–H groups in total. The summed E-state index contributed by atoms with van der Waals surface area (Å²) < 4.78 is 6.80. The van der Waals surface area contributed by atoms with Crippen molar-refractivity contribution in [3.8, 4) is 11.3 Å². The molecule has 0 bridgehead atoms. The molecular weight excluding hydrogens is 266 g/mol. The second-order valence-corrected chi connectivity index (χ2v) is 4.27. The van der Waals surface area contributed by atoms with Crippen molar-refractivity contribution in [1.82, 2.24) is 4.98 Å². The molecule has 0 spiro atoms. The monoisotopic (exact) mass is 273 g/mol. The van der Waals surface area contributed by atoms with Crippen molar-refractivity contribution in [1.29, 1.82) is 0 Å². The second kappa shape index (κ2) is 3.76. The second-order valence-electron chi connectivity index (χ2n) is 3.48. The first-order valence-electron chi connectivity index (χ1n) is 4.93. The van der Waals surface area contributed by atoms with Gasteiger partial charge >= 0.3 is 0 Å². The third-order valence-corrected chi connectivity index (χ3v) is 3.26. The van der Waals surface area contributed by atoms with Crippen LogP contribution in [0.15, 0.2) is 57.7 Å². The molecule has 78 valence electrons. The maximum Gasteiger partial charge on any atom is 0.149 e. The van der Waals surface area contributed by atoms with Crippen LogP contribution in [-0.2, 0) is 0 Å². The Morgan fingerprint density at radius 3 is 2.50 bits per heavy atom. The van der Waals surface area contributed by atoms with Gasteiger partial charge in [-0.25, -0.2) is 0 Å². The van der Waals surface area contributed by atoms with Gasteiger partial charge in [0.25, 0.3) is 0 Å². The summed E-state index contributed by atoms with van der Waals surface area (Å²) in [5, 5.41) is 1.09. The number of pyridine rings is 1. The smallest absolute Gasteiger partial charge is 0.149 e. The summed E-state index contributed by atoms with van der Waals surface area (Å²) in [4.78, 5) is 4.00. The fourth-order valence-corrected chi connectivity index (χ4v) is 2.34. The van der Waals surface area contributed by atoms with Gasteiger partial charge in [-0.15, -0.1) is 0 Å². The molecule has 0 saturated heterocycles. The standard InChI is InChI=1S/C13H8BrNO/c14-12-10-3-1-2-4-11(10)16-13(12)9-5-7-15-8-6-9/h1-8H. The van der Waals surface area contributed by atoms with Gasteiger partial charge in [-0.3, -0.25) is 4.98 Å². The van der Waals surface area contributed by atoms with Crippen LogP contribution in [0.3, 0.4) is 0 Å². The van der Waals surface area contributed by atoms with E-state index in [1.165, 1.54) is 0 Å². The van der Waals surface area contributed by atoms with Crippen LogP contribution in [0, 0.1) is 0 Å². The molecule has 3 heteroatoms. The number of benzene rings is 1. The van der Waals surface area contributed by atoms with E-state index in [9.17, 15) is 0 Å². The number of aromatic nitrogens is 1. The number of para-hydroxylation sites is 1. The van der Waals surface area contributed by atoms with Crippen LogP contribution in [0.25, 0.3) is 22.3 Å². The highest BCUT2D eigenvalue weighted by Crippen LogP contribution is 2.37. The Morgan fingerprint density at radius 2 is 1.75 bits per heavy atom. The molecule has 0 radical (unpaired) electrons. The predicted octanol–water partition coefficient (Wildman–Crippen LogP) is 4.26. The maximum atomic E-state index is 5.81. The number of rotatable bonds is 1. The zero-order chi connectivity index (χ0) is 11.0. The van der Waals surface area contributed by atoms with E-state index in [0.717, 1.165) is 26.8 Å². The van der Waals surface area contributed by atoms with Gasteiger partial charge in [0.15, 0.2) is 0 Å². The molecule has 0 fully saturated rings. The summed E-state index contributed by atoms with van der Waals surface area (Å²) in [7, 11) is 0. The third kappa shape index (κ3) is 1.44. The van der Waals surface area contributed by atoms with Gasteiger partial charge in [0, 0.05) is 23.3 Å². The van der Waals surface area contributed by atoms with Crippen LogP contribution in [-0.4, -0.2) is 4.98 Å². The molecule has 0 aliphatic rings. The van der Waals surface area contributed by atoms with Gasteiger partial charge < -0.3 is 4.42 Å². The zero-order valence-electron chi connectivity index (χ0n) is 8.35. The minimum Gasteiger partial charge on any atom is -0.455 e. The molecular formula is C13H8BrNO. The highest BCUT2D eigenvalue weighted by atomic mass is 79.9. The lowest BCUT2D eigenvalue weighted by Crippen LogP contribution is -1.75. The number of hydrogen-bond donors (Lipinski definition) is 0. The van der Waals surface area contributed by atoms with Gasteiger partial charge in [0.1, 0.15) is 11.3 Å². The molecule has 0 saturated carbocycles. The average molecular weight is 274 g/mol. The molecule has 2 aromatic heterocycles. The van der Waals surface area contributed by atoms with E-state index in [1.54, 1.807) is 12.4 Å². The first-order chi connectivity index (χ1) is 7.86. The Bertz CT molecular complexity index is 631.